The lowest BCUT2D eigenvalue weighted by molar-refractivity contribution is -0.189. The van der Waals surface area contributed by atoms with Gasteiger partial charge in [0.05, 0.1) is 15.9 Å². The molecule has 4 aliphatic rings. The van der Waals surface area contributed by atoms with Crippen LogP contribution in [-0.2, 0) is 19.6 Å². The average Bonchev–Trinajstić information content (AvgIpc) is 2.89. The summed E-state index contributed by atoms with van der Waals surface area (Å²) >= 11 is 6.59. The molecule has 0 aromatic heterocycles. The molecule has 3 aromatic rings. The molecule has 0 N–H and O–H groups in total. The van der Waals surface area contributed by atoms with Gasteiger partial charge in [0.15, 0.2) is 0 Å². The number of esters is 2. The normalized spacial score (nSPS) is 26.5. The molecule has 4 aliphatic carbocycles. The first-order valence-corrected chi connectivity index (χ1v) is 17.8. The van der Waals surface area contributed by atoms with Crippen molar-refractivity contribution in [2.24, 2.45) is 17.3 Å². The molecule has 2 unspecified atom stereocenters. The molecule has 0 spiro atoms. The standard InChI is InChI=1S/C30H25I3O7S/c31-20-9-23(26(33)24(32)10-20)27(34)40-30-14-17-8-18(15-30)13-29(12-17,16-30)28(35)39-21-6-7-25(41(36,37)38)22(11-21)19-4-2-1-3-5-19/h1-7,9-11,17-18H,8,12-16H2,(H,36,37,38)/p-1. The van der Waals surface area contributed by atoms with Crippen molar-refractivity contribution in [1.82, 2.24) is 0 Å². The Morgan fingerprint density at radius 2 is 1.59 bits per heavy atom. The maximum Gasteiger partial charge on any atom is 0.339 e. The van der Waals surface area contributed by atoms with E-state index in [-0.39, 0.29) is 34.0 Å². The summed E-state index contributed by atoms with van der Waals surface area (Å²) in [5, 5.41) is 0. The van der Waals surface area contributed by atoms with E-state index in [1.54, 1.807) is 30.3 Å². The molecule has 0 radical (unpaired) electrons. The van der Waals surface area contributed by atoms with Gasteiger partial charge in [0.2, 0.25) is 0 Å². The number of benzene rings is 3. The van der Waals surface area contributed by atoms with Crippen LogP contribution in [0.4, 0.5) is 0 Å². The van der Waals surface area contributed by atoms with Crippen LogP contribution in [0.2, 0.25) is 0 Å². The van der Waals surface area contributed by atoms with Gasteiger partial charge in [0.25, 0.3) is 0 Å². The Morgan fingerprint density at radius 3 is 2.24 bits per heavy atom. The number of carbonyl (C=O) groups excluding carboxylic acids is 2. The fourth-order valence-corrected chi connectivity index (χ4v) is 10.4. The monoisotopic (exact) mass is 909 g/mol. The van der Waals surface area contributed by atoms with Gasteiger partial charge in [-0.25, -0.2) is 13.2 Å². The molecule has 4 fully saturated rings. The fourth-order valence-electron chi connectivity index (χ4n) is 7.34. The Labute approximate surface area is 279 Å². The van der Waals surface area contributed by atoms with Gasteiger partial charge in [-0.1, -0.05) is 30.3 Å². The van der Waals surface area contributed by atoms with Crippen molar-refractivity contribution < 1.29 is 32.0 Å². The van der Waals surface area contributed by atoms with Crippen molar-refractivity contribution in [3.63, 3.8) is 0 Å². The third-order valence-corrected chi connectivity index (χ3v) is 13.0. The van der Waals surface area contributed by atoms with E-state index in [2.05, 4.69) is 67.8 Å². The fraction of sp³-hybridized carbons (Fsp3) is 0.333. The lowest BCUT2D eigenvalue weighted by Crippen LogP contribution is -2.60. The number of hydrogen-bond donors (Lipinski definition) is 0. The van der Waals surface area contributed by atoms with Gasteiger partial charge in [0.1, 0.15) is 21.5 Å². The summed E-state index contributed by atoms with van der Waals surface area (Å²) in [6.45, 7) is 0. The third-order valence-electron chi connectivity index (χ3n) is 8.48. The van der Waals surface area contributed by atoms with Gasteiger partial charge in [0, 0.05) is 22.7 Å². The molecular formula is C30H24I3O7S-. The summed E-state index contributed by atoms with van der Waals surface area (Å²) in [5.41, 5.74) is -0.279. The Balaban J connectivity index is 1.28. The van der Waals surface area contributed by atoms with Crippen LogP contribution < -0.4 is 4.74 Å². The van der Waals surface area contributed by atoms with Crippen molar-refractivity contribution >= 4 is 89.8 Å². The molecule has 0 saturated heterocycles. The third kappa shape index (κ3) is 5.81. The highest BCUT2D eigenvalue weighted by atomic mass is 127. The van der Waals surface area contributed by atoms with Crippen molar-refractivity contribution in [3.8, 4) is 16.9 Å². The second-order valence-corrected chi connectivity index (χ2v) is 16.3. The Morgan fingerprint density at radius 1 is 0.902 bits per heavy atom. The Hall–Kier alpha value is -1.30. The van der Waals surface area contributed by atoms with E-state index in [9.17, 15) is 22.6 Å². The molecular weight excluding hydrogens is 885 g/mol. The van der Waals surface area contributed by atoms with Gasteiger partial charge < -0.3 is 14.0 Å². The van der Waals surface area contributed by atoms with E-state index in [0.717, 1.165) is 30.0 Å². The van der Waals surface area contributed by atoms with Gasteiger partial charge in [-0.05, 0) is 148 Å². The minimum absolute atomic E-state index is 0.172. The minimum atomic E-state index is -4.76. The Kier molecular flexibility index (Phi) is 7.99. The lowest BCUT2D eigenvalue weighted by atomic mass is 9.48. The zero-order valence-corrected chi connectivity index (χ0v) is 28.9. The van der Waals surface area contributed by atoms with Gasteiger partial charge in [-0.2, -0.15) is 0 Å². The van der Waals surface area contributed by atoms with Crippen molar-refractivity contribution in [3.05, 3.63) is 76.9 Å². The molecule has 214 valence electrons. The van der Waals surface area contributed by atoms with Crippen LogP contribution in [0.5, 0.6) is 5.75 Å². The van der Waals surface area contributed by atoms with E-state index in [4.69, 9.17) is 9.47 Å². The average molecular weight is 909 g/mol. The summed E-state index contributed by atoms with van der Waals surface area (Å²) in [6.07, 6.45) is 4.19. The van der Waals surface area contributed by atoms with Crippen LogP contribution in [0.15, 0.2) is 65.6 Å². The second kappa shape index (κ2) is 11.0. The maximum absolute atomic E-state index is 13.9. The predicted molar refractivity (Wildman–Crippen MR) is 175 cm³/mol. The van der Waals surface area contributed by atoms with E-state index in [1.165, 1.54) is 18.2 Å². The van der Waals surface area contributed by atoms with Crippen molar-refractivity contribution in [1.29, 1.82) is 0 Å². The number of rotatable bonds is 6. The van der Waals surface area contributed by atoms with Crippen LogP contribution in [-0.4, -0.2) is 30.5 Å². The van der Waals surface area contributed by atoms with E-state index < -0.39 is 27.1 Å². The van der Waals surface area contributed by atoms with Gasteiger partial charge >= 0.3 is 11.9 Å². The highest BCUT2D eigenvalue weighted by molar-refractivity contribution is 14.1. The zero-order chi connectivity index (χ0) is 29.2. The zero-order valence-electron chi connectivity index (χ0n) is 21.6. The molecule has 4 bridgehead atoms. The van der Waals surface area contributed by atoms with Crippen LogP contribution >= 0.6 is 67.8 Å². The highest BCUT2D eigenvalue weighted by Gasteiger charge is 2.63. The SMILES string of the molecule is O=C(OC12CC3CC(C1)CC(C(=O)Oc1ccc(S(=O)(=O)[O-])c(-c4ccccc4)c1)(C3)C2)c1cc(I)cc(I)c1I. The molecule has 11 heteroatoms. The van der Waals surface area contributed by atoms with Crippen LogP contribution in [0, 0.1) is 28.0 Å². The first-order valence-electron chi connectivity index (χ1n) is 13.1. The quantitative estimate of drug-likeness (QED) is 0.0849. The van der Waals surface area contributed by atoms with Crippen molar-refractivity contribution in [2.45, 2.75) is 49.0 Å². The summed E-state index contributed by atoms with van der Waals surface area (Å²) < 4.78 is 51.0. The van der Waals surface area contributed by atoms with Gasteiger partial charge in [-0.15, -0.1) is 0 Å². The molecule has 0 aliphatic heterocycles. The topological polar surface area (TPSA) is 110 Å². The summed E-state index contributed by atoms with van der Waals surface area (Å²) in [5.74, 6) is -0.0921. The molecule has 0 heterocycles. The summed E-state index contributed by atoms with van der Waals surface area (Å²) in [7, 11) is -4.76. The molecule has 2 atom stereocenters. The van der Waals surface area contributed by atoms with E-state index in [0.29, 0.717) is 30.4 Å². The molecule has 0 amide bonds. The molecule has 7 nitrogen and oxygen atoms in total. The predicted octanol–water partition coefficient (Wildman–Crippen LogP) is 7.17. The minimum Gasteiger partial charge on any atom is -0.744 e. The molecule has 7 rings (SSSR count). The Bertz CT molecular complexity index is 1660. The van der Waals surface area contributed by atoms with Gasteiger partial charge in [-0.3, -0.25) is 4.79 Å². The van der Waals surface area contributed by atoms with E-state index in [1.807, 2.05) is 12.1 Å². The summed E-state index contributed by atoms with van der Waals surface area (Å²) in [4.78, 5) is 27.0. The van der Waals surface area contributed by atoms with Crippen LogP contribution in [0.25, 0.3) is 11.1 Å². The first-order chi connectivity index (χ1) is 19.4. The maximum atomic E-state index is 13.9. The van der Waals surface area contributed by atoms with Crippen molar-refractivity contribution in [2.75, 3.05) is 0 Å². The van der Waals surface area contributed by atoms with E-state index >= 15 is 0 Å². The molecule has 3 aromatic carbocycles. The number of hydrogen-bond acceptors (Lipinski definition) is 7. The number of carbonyl (C=O) groups is 2. The first kappa shape index (κ1) is 29.8. The molecule has 4 saturated carbocycles. The number of halogens is 3. The number of ether oxygens (including phenoxy) is 2. The smallest absolute Gasteiger partial charge is 0.339 e. The highest BCUT2D eigenvalue weighted by Crippen LogP contribution is 2.63. The lowest BCUT2D eigenvalue weighted by Gasteiger charge is -2.59. The van der Waals surface area contributed by atoms with Crippen LogP contribution in [0.1, 0.15) is 48.9 Å². The molecule has 41 heavy (non-hydrogen) atoms. The van der Waals surface area contributed by atoms with Crippen LogP contribution in [0.3, 0.4) is 0 Å². The summed E-state index contributed by atoms with van der Waals surface area (Å²) in [6, 6.07) is 16.5. The largest absolute Gasteiger partial charge is 0.744 e. The second-order valence-electron chi connectivity index (χ2n) is 11.4.